The second-order valence-electron chi connectivity index (χ2n) is 4.18. The van der Waals surface area contributed by atoms with E-state index in [1.54, 1.807) is 16.8 Å². The molecule has 0 aliphatic carbocycles. The Kier molecular flexibility index (Phi) is 3.79. The zero-order valence-corrected chi connectivity index (χ0v) is 10.6. The Bertz CT molecular complexity index is 578. The Morgan fingerprint density at radius 3 is 2.44 bits per heavy atom. The van der Waals surface area contributed by atoms with Gasteiger partial charge in [0.1, 0.15) is 0 Å². The van der Waals surface area contributed by atoms with Gasteiger partial charge in [-0.05, 0) is 6.07 Å². The van der Waals surface area contributed by atoms with E-state index in [-0.39, 0.29) is 24.0 Å². The molecule has 0 bridgehead atoms. The summed E-state index contributed by atoms with van der Waals surface area (Å²) in [4.78, 5) is 11.7. The molecule has 0 saturated carbocycles. The fraction of sp³-hybridized carbons (Fsp3) is 0.231. The standard InChI is InChI=1S/C13H13N3O.ClH/c17-13-7-6-12(10-4-2-1-3-5-10)15-16(13)11-8-14-9-11;/h1-7,11,14H,8-9H2;1H. The van der Waals surface area contributed by atoms with Crippen molar-refractivity contribution in [2.24, 2.45) is 0 Å². The molecule has 0 amide bonds. The number of hydrogen-bond donors (Lipinski definition) is 1. The van der Waals surface area contributed by atoms with E-state index in [4.69, 9.17) is 0 Å². The van der Waals surface area contributed by atoms with Gasteiger partial charge in [-0.25, -0.2) is 4.68 Å². The van der Waals surface area contributed by atoms with Gasteiger partial charge in [-0.1, -0.05) is 30.3 Å². The highest BCUT2D eigenvalue weighted by Gasteiger charge is 2.20. The lowest BCUT2D eigenvalue weighted by molar-refractivity contribution is 0.307. The first-order valence-corrected chi connectivity index (χ1v) is 5.70. The molecule has 5 heteroatoms. The van der Waals surface area contributed by atoms with Crippen LogP contribution in [0.4, 0.5) is 0 Å². The van der Waals surface area contributed by atoms with E-state index in [1.165, 1.54) is 0 Å². The molecule has 1 N–H and O–H groups in total. The molecule has 94 valence electrons. The highest BCUT2D eigenvalue weighted by atomic mass is 35.5. The third-order valence-electron chi connectivity index (χ3n) is 3.00. The lowest BCUT2D eigenvalue weighted by Gasteiger charge is -2.27. The smallest absolute Gasteiger partial charge is 0.267 e. The largest absolute Gasteiger partial charge is 0.312 e. The zero-order chi connectivity index (χ0) is 11.7. The average molecular weight is 264 g/mol. The molecule has 1 fully saturated rings. The Morgan fingerprint density at radius 2 is 1.83 bits per heavy atom. The van der Waals surface area contributed by atoms with Crippen molar-refractivity contribution in [3.05, 3.63) is 52.8 Å². The number of benzene rings is 1. The topological polar surface area (TPSA) is 46.9 Å². The molecule has 2 heterocycles. The number of nitrogens with one attached hydrogen (secondary N) is 1. The molecule has 0 radical (unpaired) electrons. The van der Waals surface area contributed by atoms with E-state index in [0.717, 1.165) is 24.3 Å². The monoisotopic (exact) mass is 263 g/mol. The summed E-state index contributed by atoms with van der Waals surface area (Å²) in [6.45, 7) is 1.65. The molecule has 1 aliphatic rings. The molecule has 3 rings (SSSR count). The van der Waals surface area contributed by atoms with Gasteiger partial charge < -0.3 is 5.32 Å². The normalized spacial score (nSPS) is 14.7. The fourth-order valence-electron chi connectivity index (χ4n) is 1.90. The summed E-state index contributed by atoms with van der Waals surface area (Å²) in [5.74, 6) is 0. The van der Waals surface area contributed by atoms with Crippen LogP contribution in [0, 0.1) is 0 Å². The van der Waals surface area contributed by atoms with E-state index in [1.807, 2.05) is 30.3 Å². The van der Waals surface area contributed by atoms with Gasteiger partial charge in [-0.3, -0.25) is 4.79 Å². The van der Waals surface area contributed by atoms with Crippen LogP contribution in [-0.4, -0.2) is 22.9 Å². The number of hydrogen-bond acceptors (Lipinski definition) is 3. The minimum atomic E-state index is -0.0313. The van der Waals surface area contributed by atoms with Gasteiger partial charge in [0, 0.05) is 24.7 Å². The molecule has 18 heavy (non-hydrogen) atoms. The number of rotatable bonds is 2. The van der Waals surface area contributed by atoms with Crippen molar-refractivity contribution in [1.29, 1.82) is 0 Å². The molecule has 1 aromatic heterocycles. The van der Waals surface area contributed by atoms with Gasteiger partial charge in [-0.15, -0.1) is 12.4 Å². The van der Waals surface area contributed by atoms with E-state index < -0.39 is 0 Å². The van der Waals surface area contributed by atoms with E-state index in [2.05, 4.69) is 10.4 Å². The third kappa shape index (κ3) is 2.30. The van der Waals surface area contributed by atoms with Gasteiger partial charge >= 0.3 is 0 Å². The molecule has 1 aromatic carbocycles. The molecular weight excluding hydrogens is 250 g/mol. The Hall–Kier alpha value is -1.65. The molecule has 4 nitrogen and oxygen atoms in total. The SMILES string of the molecule is Cl.O=c1ccc(-c2ccccc2)nn1C1CNC1. The quantitative estimate of drug-likeness (QED) is 0.893. The van der Waals surface area contributed by atoms with Crippen molar-refractivity contribution in [3.8, 4) is 11.3 Å². The van der Waals surface area contributed by atoms with Crippen LogP contribution in [0.1, 0.15) is 6.04 Å². The average Bonchev–Trinajstić information content (AvgIpc) is 2.31. The summed E-state index contributed by atoms with van der Waals surface area (Å²) in [5, 5.41) is 7.58. The Labute approximate surface area is 111 Å². The summed E-state index contributed by atoms with van der Waals surface area (Å²) in [7, 11) is 0. The van der Waals surface area contributed by atoms with E-state index >= 15 is 0 Å². The van der Waals surface area contributed by atoms with Crippen LogP contribution in [-0.2, 0) is 0 Å². The fourth-order valence-corrected chi connectivity index (χ4v) is 1.90. The third-order valence-corrected chi connectivity index (χ3v) is 3.00. The number of halogens is 1. The Balaban J connectivity index is 0.00000120. The molecule has 1 aliphatic heterocycles. The van der Waals surface area contributed by atoms with Crippen molar-refractivity contribution >= 4 is 12.4 Å². The molecule has 0 unspecified atom stereocenters. The molecule has 1 saturated heterocycles. The van der Waals surface area contributed by atoms with Crippen LogP contribution in [0.5, 0.6) is 0 Å². The number of nitrogens with zero attached hydrogens (tertiary/aromatic N) is 2. The predicted molar refractivity (Wildman–Crippen MR) is 73.1 cm³/mol. The maximum atomic E-state index is 11.7. The first kappa shape index (κ1) is 12.8. The van der Waals surface area contributed by atoms with E-state index in [9.17, 15) is 4.79 Å². The zero-order valence-electron chi connectivity index (χ0n) is 9.74. The van der Waals surface area contributed by atoms with Crippen molar-refractivity contribution < 1.29 is 0 Å². The van der Waals surface area contributed by atoms with Gasteiger partial charge in [0.15, 0.2) is 0 Å². The number of aromatic nitrogens is 2. The van der Waals surface area contributed by atoms with Gasteiger partial charge in [0.05, 0.1) is 11.7 Å². The van der Waals surface area contributed by atoms with Crippen molar-refractivity contribution in [2.75, 3.05) is 13.1 Å². The minimum Gasteiger partial charge on any atom is -0.312 e. The lowest BCUT2D eigenvalue weighted by Crippen LogP contribution is -2.47. The second-order valence-corrected chi connectivity index (χ2v) is 4.18. The summed E-state index contributed by atoms with van der Waals surface area (Å²) in [5.41, 5.74) is 1.85. The summed E-state index contributed by atoms with van der Waals surface area (Å²) < 4.78 is 1.58. The minimum absolute atomic E-state index is 0. The van der Waals surface area contributed by atoms with Gasteiger partial charge in [0.2, 0.25) is 0 Å². The van der Waals surface area contributed by atoms with Crippen molar-refractivity contribution in [2.45, 2.75) is 6.04 Å². The summed E-state index contributed by atoms with van der Waals surface area (Å²) >= 11 is 0. The predicted octanol–water partition coefficient (Wildman–Crippen LogP) is 1.48. The van der Waals surface area contributed by atoms with Crippen LogP contribution in [0.25, 0.3) is 11.3 Å². The van der Waals surface area contributed by atoms with Crippen molar-refractivity contribution in [1.82, 2.24) is 15.1 Å². The van der Waals surface area contributed by atoms with Gasteiger partial charge in [-0.2, -0.15) is 5.10 Å². The van der Waals surface area contributed by atoms with Crippen molar-refractivity contribution in [3.63, 3.8) is 0 Å². The maximum absolute atomic E-state index is 11.7. The van der Waals surface area contributed by atoms with Crippen LogP contribution >= 0.6 is 12.4 Å². The molecular formula is C13H14ClN3O. The first-order chi connectivity index (χ1) is 8.34. The highest BCUT2D eigenvalue weighted by Crippen LogP contribution is 2.16. The molecule has 0 atom stereocenters. The first-order valence-electron chi connectivity index (χ1n) is 5.70. The van der Waals surface area contributed by atoms with E-state index in [0.29, 0.717) is 0 Å². The van der Waals surface area contributed by atoms with Crippen LogP contribution in [0.15, 0.2) is 47.3 Å². The summed E-state index contributed by atoms with van der Waals surface area (Å²) in [6, 6.07) is 13.5. The maximum Gasteiger partial charge on any atom is 0.267 e. The molecule has 0 spiro atoms. The molecule has 2 aromatic rings. The van der Waals surface area contributed by atoms with Crippen LogP contribution in [0.3, 0.4) is 0 Å². The summed E-state index contributed by atoms with van der Waals surface area (Å²) in [6.07, 6.45) is 0. The lowest BCUT2D eigenvalue weighted by atomic mass is 10.1. The Morgan fingerprint density at radius 1 is 1.11 bits per heavy atom. The van der Waals surface area contributed by atoms with Gasteiger partial charge in [0.25, 0.3) is 5.56 Å². The second kappa shape index (κ2) is 5.33. The van der Waals surface area contributed by atoms with Crippen LogP contribution in [0.2, 0.25) is 0 Å². The highest BCUT2D eigenvalue weighted by molar-refractivity contribution is 5.85. The van der Waals surface area contributed by atoms with Crippen LogP contribution < -0.4 is 10.9 Å².